The van der Waals surface area contributed by atoms with Crippen LogP contribution in [-0.2, 0) is 0 Å². The summed E-state index contributed by atoms with van der Waals surface area (Å²) >= 11 is 0. The average molecular weight is 202 g/mol. The standard InChI is InChI=1S/C14H18O/c15-14(10-5-2-6-11-14)12-9-13-7-3-1-4-8-13/h1,3-4,7-9,12,15H,2,5-6,10-11H2/b12-9-. The minimum absolute atomic E-state index is 0.548. The Morgan fingerprint density at radius 1 is 1.00 bits per heavy atom. The fraction of sp³-hybridized carbons (Fsp3) is 0.429. The lowest BCUT2D eigenvalue weighted by atomic mass is 9.84. The Hall–Kier alpha value is -1.08. The Balaban J connectivity index is 2.04. The first-order chi connectivity index (χ1) is 7.29. The molecule has 0 bridgehead atoms. The summed E-state index contributed by atoms with van der Waals surface area (Å²) in [5.74, 6) is 0. The van der Waals surface area contributed by atoms with Crippen LogP contribution >= 0.6 is 0 Å². The third-order valence-electron chi connectivity index (χ3n) is 3.10. The Kier molecular flexibility index (Phi) is 3.22. The van der Waals surface area contributed by atoms with Crippen LogP contribution in [0.15, 0.2) is 36.4 Å². The summed E-state index contributed by atoms with van der Waals surface area (Å²) in [6.07, 6.45) is 9.40. The molecule has 2 rings (SSSR count). The summed E-state index contributed by atoms with van der Waals surface area (Å²) in [5.41, 5.74) is 0.616. The summed E-state index contributed by atoms with van der Waals surface area (Å²) in [5, 5.41) is 10.2. The Morgan fingerprint density at radius 3 is 2.33 bits per heavy atom. The number of aliphatic hydroxyl groups is 1. The Morgan fingerprint density at radius 2 is 1.67 bits per heavy atom. The summed E-state index contributed by atoms with van der Waals surface area (Å²) in [6, 6.07) is 10.2. The highest BCUT2D eigenvalue weighted by Gasteiger charge is 2.25. The van der Waals surface area contributed by atoms with Gasteiger partial charge in [0.15, 0.2) is 0 Å². The minimum atomic E-state index is -0.548. The van der Waals surface area contributed by atoms with Crippen molar-refractivity contribution in [2.75, 3.05) is 0 Å². The van der Waals surface area contributed by atoms with Crippen LogP contribution in [0.1, 0.15) is 37.7 Å². The van der Waals surface area contributed by atoms with E-state index in [0.29, 0.717) is 0 Å². The van der Waals surface area contributed by atoms with Crippen LogP contribution in [0.5, 0.6) is 0 Å². The van der Waals surface area contributed by atoms with Crippen LogP contribution in [0, 0.1) is 0 Å². The first-order valence-corrected chi connectivity index (χ1v) is 5.75. The first-order valence-electron chi connectivity index (χ1n) is 5.75. The average Bonchev–Trinajstić information content (AvgIpc) is 2.29. The van der Waals surface area contributed by atoms with E-state index in [9.17, 15) is 5.11 Å². The van der Waals surface area contributed by atoms with E-state index >= 15 is 0 Å². The molecule has 1 N–H and O–H groups in total. The van der Waals surface area contributed by atoms with Gasteiger partial charge >= 0.3 is 0 Å². The molecule has 1 aromatic carbocycles. The predicted octanol–water partition coefficient (Wildman–Crippen LogP) is 3.40. The Bertz CT molecular complexity index is 320. The van der Waals surface area contributed by atoms with Crippen molar-refractivity contribution in [1.29, 1.82) is 0 Å². The summed E-state index contributed by atoms with van der Waals surface area (Å²) < 4.78 is 0. The molecule has 1 aromatic rings. The lowest BCUT2D eigenvalue weighted by molar-refractivity contribution is 0.0521. The van der Waals surface area contributed by atoms with Crippen molar-refractivity contribution >= 4 is 6.08 Å². The molecule has 0 spiro atoms. The summed E-state index contributed by atoms with van der Waals surface area (Å²) in [4.78, 5) is 0. The van der Waals surface area contributed by atoms with Gasteiger partial charge in [0, 0.05) is 0 Å². The van der Waals surface area contributed by atoms with Gasteiger partial charge in [0.25, 0.3) is 0 Å². The van der Waals surface area contributed by atoms with Crippen LogP contribution in [0.25, 0.3) is 6.08 Å². The quantitative estimate of drug-likeness (QED) is 0.779. The van der Waals surface area contributed by atoms with Crippen LogP contribution in [0.2, 0.25) is 0 Å². The third-order valence-corrected chi connectivity index (χ3v) is 3.10. The van der Waals surface area contributed by atoms with Crippen molar-refractivity contribution in [2.24, 2.45) is 0 Å². The molecule has 1 aliphatic rings. The third kappa shape index (κ3) is 2.93. The number of hydrogen-bond donors (Lipinski definition) is 1. The van der Waals surface area contributed by atoms with Crippen LogP contribution < -0.4 is 0 Å². The molecule has 1 fully saturated rings. The van der Waals surface area contributed by atoms with Crippen molar-refractivity contribution < 1.29 is 5.11 Å². The van der Waals surface area contributed by atoms with Crippen molar-refractivity contribution in [3.8, 4) is 0 Å². The van der Waals surface area contributed by atoms with Gasteiger partial charge in [0.1, 0.15) is 0 Å². The topological polar surface area (TPSA) is 20.2 Å². The molecule has 1 saturated carbocycles. The second-order valence-corrected chi connectivity index (χ2v) is 4.41. The molecule has 0 heterocycles. The Labute approximate surface area is 91.4 Å². The molecule has 0 unspecified atom stereocenters. The van der Waals surface area contributed by atoms with Crippen molar-refractivity contribution in [3.05, 3.63) is 42.0 Å². The maximum atomic E-state index is 10.2. The largest absolute Gasteiger partial charge is 0.386 e. The van der Waals surface area contributed by atoms with Crippen LogP contribution in [0.3, 0.4) is 0 Å². The normalized spacial score (nSPS) is 20.6. The molecule has 0 saturated heterocycles. The van der Waals surface area contributed by atoms with Crippen LogP contribution in [-0.4, -0.2) is 10.7 Å². The van der Waals surface area contributed by atoms with E-state index in [0.717, 1.165) is 31.2 Å². The van der Waals surface area contributed by atoms with Gasteiger partial charge in [-0.3, -0.25) is 0 Å². The fourth-order valence-electron chi connectivity index (χ4n) is 2.15. The molecule has 15 heavy (non-hydrogen) atoms. The maximum absolute atomic E-state index is 10.2. The molecule has 0 amide bonds. The zero-order valence-electron chi connectivity index (χ0n) is 9.02. The fourth-order valence-corrected chi connectivity index (χ4v) is 2.15. The van der Waals surface area contributed by atoms with Gasteiger partial charge in [-0.05, 0) is 18.4 Å². The summed E-state index contributed by atoms with van der Waals surface area (Å²) in [6.45, 7) is 0. The second kappa shape index (κ2) is 4.63. The van der Waals surface area contributed by atoms with Gasteiger partial charge in [-0.1, -0.05) is 61.7 Å². The lowest BCUT2D eigenvalue weighted by Crippen LogP contribution is -2.28. The van der Waals surface area contributed by atoms with Gasteiger partial charge in [0.2, 0.25) is 0 Å². The van der Waals surface area contributed by atoms with E-state index in [-0.39, 0.29) is 0 Å². The maximum Gasteiger partial charge on any atom is 0.0830 e. The van der Waals surface area contributed by atoms with E-state index in [1.807, 2.05) is 30.4 Å². The van der Waals surface area contributed by atoms with E-state index in [1.54, 1.807) is 0 Å². The van der Waals surface area contributed by atoms with Crippen molar-refractivity contribution in [3.63, 3.8) is 0 Å². The van der Waals surface area contributed by atoms with E-state index in [2.05, 4.69) is 12.1 Å². The predicted molar refractivity (Wildman–Crippen MR) is 63.5 cm³/mol. The van der Waals surface area contributed by atoms with E-state index in [1.165, 1.54) is 6.42 Å². The van der Waals surface area contributed by atoms with Gasteiger partial charge in [-0.15, -0.1) is 0 Å². The summed E-state index contributed by atoms with van der Waals surface area (Å²) in [7, 11) is 0. The minimum Gasteiger partial charge on any atom is -0.386 e. The second-order valence-electron chi connectivity index (χ2n) is 4.41. The van der Waals surface area contributed by atoms with Crippen molar-refractivity contribution in [2.45, 2.75) is 37.7 Å². The molecule has 1 aliphatic carbocycles. The molecular weight excluding hydrogens is 184 g/mol. The molecule has 0 radical (unpaired) electrons. The molecule has 0 aromatic heterocycles. The zero-order valence-corrected chi connectivity index (χ0v) is 9.02. The van der Waals surface area contributed by atoms with Gasteiger partial charge in [-0.25, -0.2) is 0 Å². The molecular formula is C14H18O. The molecule has 1 nitrogen and oxygen atoms in total. The molecule has 80 valence electrons. The number of rotatable bonds is 2. The van der Waals surface area contributed by atoms with E-state index in [4.69, 9.17) is 0 Å². The van der Waals surface area contributed by atoms with Gasteiger partial charge < -0.3 is 5.11 Å². The number of benzene rings is 1. The molecule has 0 atom stereocenters. The molecule has 1 heteroatoms. The van der Waals surface area contributed by atoms with Crippen molar-refractivity contribution in [1.82, 2.24) is 0 Å². The lowest BCUT2D eigenvalue weighted by Gasteiger charge is -2.28. The molecule has 0 aliphatic heterocycles. The van der Waals surface area contributed by atoms with E-state index < -0.39 is 5.60 Å². The van der Waals surface area contributed by atoms with Crippen LogP contribution in [0.4, 0.5) is 0 Å². The van der Waals surface area contributed by atoms with Gasteiger partial charge in [0.05, 0.1) is 5.60 Å². The first kappa shape index (κ1) is 10.4. The highest BCUT2D eigenvalue weighted by molar-refractivity contribution is 5.50. The number of hydrogen-bond acceptors (Lipinski definition) is 1. The SMILES string of the molecule is OC1(/C=C\c2ccccc2)CCCCC1. The van der Waals surface area contributed by atoms with Gasteiger partial charge in [-0.2, -0.15) is 0 Å². The highest BCUT2D eigenvalue weighted by atomic mass is 16.3. The smallest absolute Gasteiger partial charge is 0.0830 e. The zero-order chi connectivity index (χ0) is 10.6. The monoisotopic (exact) mass is 202 g/mol. The highest BCUT2D eigenvalue weighted by Crippen LogP contribution is 2.29.